The molecule has 0 aromatic rings. The molecule has 1 aliphatic rings. The third kappa shape index (κ3) is 6.98. The number of likely N-dealkylation sites (tertiary alicyclic amines) is 1. The Kier molecular flexibility index (Phi) is 7.03. The van der Waals surface area contributed by atoms with Crippen molar-refractivity contribution in [2.24, 2.45) is 0 Å². The van der Waals surface area contributed by atoms with Gasteiger partial charge in [0.15, 0.2) is 0 Å². The van der Waals surface area contributed by atoms with E-state index in [1.54, 1.807) is 0 Å². The van der Waals surface area contributed by atoms with Gasteiger partial charge in [-0.25, -0.2) is 13.1 Å². The van der Waals surface area contributed by atoms with E-state index in [1.165, 1.54) is 12.8 Å². The van der Waals surface area contributed by atoms with E-state index in [2.05, 4.69) is 14.9 Å². The Bertz CT molecular complexity index is 287. The molecule has 0 atom stereocenters. The van der Waals surface area contributed by atoms with E-state index in [0.717, 1.165) is 32.7 Å². The first-order valence-corrected chi connectivity index (χ1v) is 8.19. The van der Waals surface area contributed by atoms with E-state index in [4.69, 9.17) is 0 Å². The molecule has 0 aromatic carbocycles. The van der Waals surface area contributed by atoms with Gasteiger partial charge in [-0.3, -0.25) is 0 Å². The van der Waals surface area contributed by atoms with E-state index in [9.17, 15) is 8.42 Å². The number of sulfonamides is 1. The highest BCUT2D eigenvalue weighted by Gasteiger charge is 2.13. The molecule has 0 bridgehead atoms. The van der Waals surface area contributed by atoms with Crippen LogP contribution >= 0.6 is 0 Å². The highest BCUT2D eigenvalue weighted by Crippen LogP contribution is 2.05. The van der Waals surface area contributed by atoms with Gasteiger partial charge in [0.05, 0.1) is 5.75 Å². The number of rotatable bonds is 9. The fourth-order valence-electron chi connectivity index (χ4n) is 2.00. The molecule has 5 nitrogen and oxygen atoms in total. The molecule has 1 aliphatic heterocycles. The van der Waals surface area contributed by atoms with E-state index in [0.29, 0.717) is 13.0 Å². The van der Waals surface area contributed by atoms with Crippen molar-refractivity contribution in [1.82, 2.24) is 14.9 Å². The summed E-state index contributed by atoms with van der Waals surface area (Å²) in [5.41, 5.74) is 0. The van der Waals surface area contributed by atoms with Crippen molar-refractivity contribution >= 4 is 10.0 Å². The summed E-state index contributed by atoms with van der Waals surface area (Å²) >= 11 is 0. The fraction of sp³-hybridized carbons (Fsp3) is 1.00. The predicted molar refractivity (Wildman–Crippen MR) is 70.6 cm³/mol. The molecule has 0 saturated carbocycles. The summed E-state index contributed by atoms with van der Waals surface area (Å²) in [5.74, 6) is 0.222. The van der Waals surface area contributed by atoms with Crippen molar-refractivity contribution in [1.29, 1.82) is 0 Å². The van der Waals surface area contributed by atoms with Crippen molar-refractivity contribution < 1.29 is 8.42 Å². The topological polar surface area (TPSA) is 61.4 Å². The summed E-state index contributed by atoms with van der Waals surface area (Å²) in [6.07, 6.45) is 3.16. The van der Waals surface area contributed by atoms with Gasteiger partial charge in [0.2, 0.25) is 10.0 Å². The van der Waals surface area contributed by atoms with Gasteiger partial charge in [-0.15, -0.1) is 0 Å². The molecular weight excluding hydrogens is 238 g/mol. The van der Waals surface area contributed by atoms with Crippen LogP contribution in [0.3, 0.4) is 0 Å². The summed E-state index contributed by atoms with van der Waals surface area (Å²) in [7, 11) is -3.07. The van der Waals surface area contributed by atoms with Gasteiger partial charge < -0.3 is 10.2 Å². The minimum atomic E-state index is -3.07. The van der Waals surface area contributed by atoms with Crippen molar-refractivity contribution in [3.63, 3.8) is 0 Å². The monoisotopic (exact) mass is 263 g/mol. The average Bonchev–Trinajstić information content (AvgIpc) is 2.77. The summed E-state index contributed by atoms with van der Waals surface area (Å²) in [4.78, 5) is 2.31. The van der Waals surface area contributed by atoms with Gasteiger partial charge in [-0.2, -0.15) is 0 Å². The van der Waals surface area contributed by atoms with E-state index >= 15 is 0 Å². The highest BCUT2D eigenvalue weighted by molar-refractivity contribution is 7.89. The summed E-state index contributed by atoms with van der Waals surface area (Å²) in [5, 5.41) is 3.12. The first kappa shape index (κ1) is 14.9. The van der Waals surface area contributed by atoms with Gasteiger partial charge in [-0.05, 0) is 45.4 Å². The summed E-state index contributed by atoms with van der Waals surface area (Å²) in [6.45, 7) is 7.29. The molecule has 1 heterocycles. The van der Waals surface area contributed by atoms with Gasteiger partial charge >= 0.3 is 0 Å². The Labute approximate surface area is 105 Å². The van der Waals surface area contributed by atoms with Gasteiger partial charge in [0.25, 0.3) is 0 Å². The van der Waals surface area contributed by atoms with Crippen LogP contribution in [-0.2, 0) is 10.0 Å². The zero-order valence-corrected chi connectivity index (χ0v) is 11.6. The molecule has 6 heteroatoms. The molecule has 0 radical (unpaired) electrons. The molecule has 1 rings (SSSR count). The van der Waals surface area contributed by atoms with Crippen LogP contribution in [0.15, 0.2) is 0 Å². The summed E-state index contributed by atoms with van der Waals surface area (Å²) < 4.78 is 25.9. The highest BCUT2D eigenvalue weighted by atomic mass is 32.2. The van der Waals surface area contributed by atoms with E-state index in [1.807, 2.05) is 6.92 Å². The SMILES string of the molecule is CCNCCCS(=O)(=O)NCCN1CCCC1. The maximum absolute atomic E-state index is 11.6. The zero-order valence-electron chi connectivity index (χ0n) is 10.7. The van der Waals surface area contributed by atoms with Crippen LogP contribution in [0.1, 0.15) is 26.2 Å². The van der Waals surface area contributed by atoms with Gasteiger partial charge in [-0.1, -0.05) is 6.92 Å². The smallest absolute Gasteiger partial charge is 0.211 e. The van der Waals surface area contributed by atoms with Crippen molar-refractivity contribution in [2.45, 2.75) is 26.2 Å². The second kappa shape index (κ2) is 8.02. The predicted octanol–water partition coefficient (Wildman–Crippen LogP) is 0.00120. The lowest BCUT2D eigenvalue weighted by atomic mass is 10.4. The normalized spacial score (nSPS) is 17.7. The van der Waals surface area contributed by atoms with Crippen LogP contribution in [0, 0.1) is 0 Å². The Hall–Kier alpha value is -0.170. The molecule has 17 heavy (non-hydrogen) atoms. The molecule has 1 fully saturated rings. The Morgan fingerprint density at radius 1 is 1.18 bits per heavy atom. The Balaban J connectivity index is 2.06. The van der Waals surface area contributed by atoms with Gasteiger partial charge in [0, 0.05) is 13.1 Å². The quantitative estimate of drug-likeness (QED) is 0.575. The molecule has 102 valence electrons. The lowest BCUT2D eigenvalue weighted by Gasteiger charge is -2.14. The van der Waals surface area contributed by atoms with Crippen LogP contribution in [0.5, 0.6) is 0 Å². The van der Waals surface area contributed by atoms with Crippen LogP contribution in [-0.4, -0.2) is 58.3 Å². The Morgan fingerprint density at radius 3 is 2.53 bits per heavy atom. The molecule has 0 amide bonds. The summed E-state index contributed by atoms with van der Waals surface area (Å²) in [6, 6.07) is 0. The largest absolute Gasteiger partial charge is 0.317 e. The second-order valence-corrected chi connectivity index (χ2v) is 6.40. The minimum Gasteiger partial charge on any atom is -0.317 e. The van der Waals surface area contributed by atoms with E-state index in [-0.39, 0.29) is 5.75 Å². The number of hydrogen-bond donors (Lipinski definition) is 2. The first-order valence-electron chi connectivity index (χ1n) is 6.54. The maximum atomic E-state index is 11.6. The molecule has 0 spiro atoms. The maximum Gasteiger partial charge on any atom is 0.211 e. The number of nitrogens with one attached hydrogen (secondary N) is 2. The molecule has 1 saturated heterocycles. The first-order chi connectivity index (χ1) is 8.14. The van der Waals surface area contributed by atoms with Crippen LogP contribution in [0.2, 0.25) is 0 Å². The van der Waals surface area contributed by atoms with Crippen LogP contribution in [0.4, 0.5) is 0 Å². The molecule has 0 aliphatic carbocycles. The number of hydrogen-bond acceptors (Lipinski definition) is 4. The third-order valence-electron chi connectivity index (χ3n) is 2.97. The number of nitrogens with zero attached hydrogens (tertiary/aromatic N) is 1. The second-order valence-electron chi connectivity index (χ2n) is 4.47. The minimum absolute atomic E-state index is 0.222. The van der Waals surface area contributed by atoms with Crippen LogP contribution in [0.25, 0.3) is 0 Å². The van der Waals surface area contributed by atoms with Gasteiger partial charge in [0.1, 0.15) is 0 Å². The third-order valence-corrected chi connectivity index (χ3v) is 4.44. The molecule has 0 unspecified atom stereocenters. The van der Waals surface area contributed by atoms with Crippen molar-refractivity contribution in [3.8, 4) is 0 Å². The average molecular weight is 263 g/mol. The van der Waals surface area contributed by atoms with Crippen molar-refractivity contribution in [3.05, 3.63) is 0 Å². The standard InChI is InChI=1S/C11H25N3O2S/c1-2-12-6-5-11-17(15,16)13-7-10-14-8-3-4-9-14/h12-13H,2-11H2,1H3. The fourth-order valence-corrected chi connectivity index (χ4v) is 3.07. The van der Waals surface area contributed by atoms with E-state index < -0.39 is 10.0 Å². The molecular formula is C11H25N3O2S. The lowest BCUT2D eigenvalue weighted by Crippen LogP contribution is -2.35. The Morgan fingerprint density at radius 2 is 1.88 bits per heavy atom. The zero-order chi connectivity index (χ0) is 12.6. The molecule has 0 aromatic heterocycles. The van der Waals surface area contributed by atoms with Crippen LogP contribution < -0.4 is 10.0 Å². The van der Waals surface area contributed by atoms with Crippen molar-refractivity contribution in [2.75, 3.05) is 45.0 Å². The molecule has 2 N–H and O–H groups in total. The lowest BCUT2D eigenvalue weighted by molar-refractivity contribution is 0.344.